The third-order valence-electron chi connectivity index (χ3n) is 4.41. The highest BCUT2D eigenvalue weighted by Gasteiger charge is 2.24. The fourth-order valence-electron chi connectivity index (χ4n) is 3.01. The van der Waals surface area contributed by atoms with Crippen LogP contribution in [0.1, 0.15) is 22.6 Å². The number of benzene rings is 3. The Morgan fingerprint density at radius 1 is 0.900 bits per heavy atom. The normalized spacial score (nSPS) is 10.9. The van der Waals surface area contributed by atoms with E-state index in [0.717, 1.165) is 11.1 Å². The highest BCUT2D eigenvalue weighted by Crippen LogP contribution is 2.27. The van der Waals surface area contributed by atoms with Crippen LogP contribution >= 0.6 is 0 Å². The molecule has 0 N–H and O–H groups in total. The van der Waals surface area contributed by atoms with E-state index in [0.29, 0.717) is 11.3 Å². The van der Waals surface area contributed by atoms with Gasteiger partial charge in [-0.15, -0.1) is 0 Å². The molecule has 5 heteroatoms. The minimum Gasteiger partial charge on any atom is -0.465 e. The molecule has 0 aliphatic rings. The van der Waals surface area contributed by atoms with E-state index >= 15 is 0 Å². The molecular formula is C25H19NO4. The van der Waals surface area contributed by atoms with Crippen molar-refractivity contribution in [3.8, 4) is 11.8 Å². The third kappa shape index (κ3) is 5.00. The largest absolute Gasteiger partial charge is 0.465 e. The Bertz CT molecular complexity index is 1060. The van der Waals surface area contributed by atoms with Crippen LogP contribution in [0, 0.1) is 11.3 Å². The summed E-state index contributed by atoms with van der Waals surface area (Å²) in [5.41, 5.74) is 2.04. The summed E-state index contributed by atoms with van der Waals surface area (Å²) < 4.78 is 10.2. The van der Waals surface area contributed by atoms with E-state index in [9.17, 15) is 9.59 Å². The van der Waals surface area contributed by atoms with E-state index in [1.54, 1.807) is 30.3 Å². The second kappa shape index (κ2) is 9.85. The first-order valence-corrected chi connectivity index (χ1v) is 9.24. The molecule has 0 fully saturated rings. The van der Waals surface area contributed by atoms with Crippen molar-refractivity contribution < 1.29 is 19.1 Å². The third-order valence-corrected chi connectivity index (χ3v) is 4.41. The molecule has 0 radical (unpaired) electrons. The van der Waals surface area contributed by atoms with Gasteiger partial charge in [-0.05, 0) is 34.9 Å². The Morgan fingerprint density at radius 2 is 1.50 bits per heavy atom. The molecule has 30 heavy (non-hydrogen) atoms. The average Bonchev–Trinajstić information content (AvgIpc) is 2.79. The molecule has 3 aromatic rings. The van der Waals surface area contributed by atoms with Gasteiger partial charge in [0.2, 0.25) is 0 Å². The SMILES string of the molecule is COC(=O)/C(C#N)=C/c1cccc(OC(=O)C(c2ccccc2)c2ccccc2)c1. The van der Waals surface area contributed by atoms with Crippen molar-refractivity contribution in [2.24, 2.45) is 0 Å². The molecule has 0 amide bonds. The molecule has 0 spiro atoms. The Morgan fingerprint density at radius 3 is 2.03 bits per heavy atom. The van der Waals surface area contributed by atoms with Gasteiger partial charge in [-0.1, -0.05) is 72.8 Å². The first-order valence-electron chi connectivity index (χ1n) is 9.24. The topological polar surface area (TPSA) is 76.4 Å². The van der Waals surface area contributed by atoms with E-state index in [1.807, 2.05) is 60.7 Å². The molecular weight excluding hydrogens is 378 g/mol. The molecule has 0 heterocycles. The highest BCUT2D eigenvalue weighted by atomic mass is 16.5. The molecule has 0 atom stereocenters. The number of hydrogen-bond acceptors (Lipinski definition) is 5. The summed E-state index contributed by atoms with van der Waals surface area (Å²) in [4.78, 5) is 24.7. The van der Waals surface area contributed by atoms with E-state index in [1.165, 1.54) is 13.2 Å². The van der Waals surface area contributed by atoms with E-state index in [-0.39, 0.29) is 5.57 Å². The van der Waals surface area contributed by atoms with Gasteiger partial charge < -0.3 is 9.47 Å². The van der Waals surface area contributed by atoms with Gasteiger partial charge in [0.1, 0.15) is 23.3 Å². The van der Waals surface area contributed by atoms with Gasteiger partial charge in [-0.3, -0.25) is 4.79 Å². The first-order chi connectivity index (χ1) is 14.6. The molecule has 0 bridgehead atoms. The Labute approximate surface area is 174 Å². The standard InChI is InChI=1S/C25H19NO4/c1-29-24(27)21(17-26)15-18-9-8-14-22(16-18)30-25(28)23(19-10-4-2-5-11-19)20-12-6-3-7-13-20/h2-16,23H,1H3/b21-15+. The van der Waals surface area contributed by atoms with Crippen LogP contribution < -0.4 is 4.74 Å². The van der Waals surface area contributed by atoms with Crippen LogP contribution in [0.3, 0.4) is 0 Å². The van der Waals surface area contributed by atoms with Gasteiger partial charge in [0.15, 0.2) is 0 Å². The number of esters is 2. The monoisotopic (exact) mass is 397 g/mol. The minimum atomic E-state index is -0.729. The van der Waals surface area contributed by atoms with Gasteiger partial charge >= 0.3 is 11.9 Å². The summed E-state index contributed by atoms with van der Waals surface area (Å²) >= 11 is 0. The molecule has 0 unspecified atom stereocenters. The fourth-order valence-corrected chi connectivity index (χ4v) is 3.01. The predicted octanol–water partition coefficient (Wildman–Crippen LogP) is 4.50. The summed E-state index contributed by atoms with van der Waals surface area (Å²) in [5.74, 6) is -1.43. The number of hydrogen-bond donors (Lipinski definition) is 0. The lowest BCUT2D eigenvalue weighted by Gasteiger charge is -2.17. The fraction of sp³-hybridized carbons (Fsp3) is 0.0800. The summed E-state index contributed by atoms with van der Waals surface area (Å²) in [6.45, 7) is 0. The second-order valence-corrected chi connectivity index (χ2v) is 6.41. The Hall–Kier alpha value is -4.17. The van der Waals surface area contributed by atoms with E-state index < -0.39 is 17.9 Å². The van der Waals surface area contributed by atoms with Crippen LogP contribution in [0.25, 0.3) is 6.08 Å². The minimum absolute atomic E-state index is 0.146. The number of methoxy groups -OCH3 is 1. The lowest BCUT2D eigenvalue weighted by atomic mass is 9.91. The zero-order chi connectivity index (χ0) is 21.3. The van der Waals surface area contributed by atoms with E-state index in [4.69, 9.17) is 10.00 Å². The lowest BCUT2D eigenvalue weighted by Crippen LogP contribution is -2.20. The molecule has 3 aromatic carbocycles. The average molecular weight is 397 g/mol. The van der Waals surface area contributed by atoms with Gasteiger partial charge in [0.25, 0.3) is 0 Å². The molecule has 0 aliphatic carbocycles. The molecule has 3 rings (SSSR count). The van der Waals surface area contributed by atoms with Crippen molar-refractivity contribution in [2.75, 3.05) is 7.11 Å². The molecule has 0 saturated heterocycles. The van der Waals surface area contributed by atoms with Gasteiger partial charge in [0.05, 0.1) is 7.11 Å². The lowest BCUT2D eigenvalue weighted by molar-refractivity contribution is -0.136. The van der Waals surface area contributed by atoms with Crippen LogP contribution in [0.2, 0.25) is 0 Å². The van der Waals surface area contributed by atoms with Crippen LogP contribution in [0.4, 0.5) is 0 Å². The summed E-state index contributed by atoms with van der Waals surface area (Å²) in [6.07, 6.45) is 1.38. The highest BCUT2D eigenvalue weighted by molar-refractivity contribution is 5.97. The summed E-state index contributed by atoms with van der Waals surface area (Å²) in [7, 11) is 1.21. The quantitative estimate of drug-likeness (QED) is 0.265. The van der Waals surface area contributed by atoms with Crippen LogP contribution in [-0.4, -0.2) is 19.0 Å². The smallest absolute Gasteiger partial charge is 0.348 e. The zero-order valence-corrected chi connectivity index (χ0v) is 16.3. The predicted molar refractivity (Wildman–Crippen MR) is 112 cm³/mol. The maximum Gasteiger partial charge on any atom is 0.348 e. The van der Waals surface area contributed by atoms with Crippen molar-refractivity contribution in [3.63, 3.8) is 0 Å². The van der Waals surface area contributed by atoms with Crippen LogP contribution in [0.15, 0.2) is 90.5 Å². The van der Waals surface area contributed by atoms with Crippen molar-refractivity contribution in [3.05, 3.63) is 107 Å². The zero-order valence-electron chi connectivity index (χ0n) is 16.3. The molecule has 5 nitrogen and oxygen atoms in total. The van der Waals surface area contributed by atoms with Crippen LogP contribution in [-0.2, 0) is 14.3 Å². The van der Waals surface area contributed by atoms with Gasteiger partial charge in [0, 0.05) is 0 Å². The molecule has 148 valence electrons. The van der Waals surface area contributed by atoms with Crippen LogP contribution in [0.5, 0.6) is 5.75 Å². The first kappa shape index (κ1) is 20.6. The molecule has 0 saturated carbocycles. The number of nitriles is 1. The second-order valence-electron chi connectivity index (χ2n) is 6.41. The molecule has 0 aromatic heterocycles. The number of carbonyl (C=O) groups is 2. The van der Waals surface area contributed by atoms with Crippen molar-refractivity contribution in [1.29, 1.82) is 5.26 Å². The number of nitrogens with zero attached hydrogens (tertiary/aromatic N) is 1. The van der Waals surface area contributed by atoms with Crippen molar-refractivity contribution in [1.82, 2.24) is 0 Å². The summed E-state index contributed by atoms with van der Waals surface area (Å²) in [5, 5.41) is 9.12. The summed E-state index contributed by atoms with van der Waals surface area (Å²) in [6, 6.07) is 27.2. The number of ether oxygens (including phenoxy) is 2. The van der Waals surface area contributed by atoms with E-state index in [2.05, 4.69) is 4.74 Å². The number of rotatable bonds is 6. The maximum atomic E-state index is 13.1. The number of carbonyl (C=O) groups excluding carboxylic acids is 2. The van der Waals surface area contributed by atoms with Crippen molar-refractivity contribution >= 4 is 18.0 Å². The van der Waals surface area contributed by atoms with Gasteiger partial charge in [-0.2, -0.15) is 5.26 Å². The van der Waals surface area contributed by atoms with Gasteiger partial charge in [-0.25, -0.2) is 4.79 Å². The Kier molecular flexibility index (Phi) is 6.75. The van der Waals surface area contributed by atoms with Crippen molar-refractivity contribution in [2.45, 2.75) is 5.92 Å². The Balaban J connectivity index is 1.89. The molecule has 0 aliphatic heterocycles. The maximum absolute atomic E-state index is 13.1.